The molecule has 68 heavy (non-hydrogen) atoms. The largest absolute Gasteiger partial charge is 0.394 e. The fourth-order valence-electron chi connectivity index (χ4n) is 8.10. The highest BCUT2D eigenvalue weighted by molar-refractivity contribution is 5.76. The number of carbonyl (C=O) groups is 1. The minimum atomic E-state index is -1.80. The fraction of sp³-hybridized carbons (Fsp3) is 0.759. The molecule has 0 aromatic rings. The van der Waals surface area contributed by atoms with Gasteiger partial charge in [-0.2, -0.15) is 0 Å². The van der Waals surface area contributed by atoms with Crippen LogP contribution >= 0.6 is 0 Å². The number of aliphatic hydroxyl groups excluding tert-OH is 8. The molecule has 2 fully saturated rings. The third kappa shape index (κ3) is 26.6. The van der Waals surface area contributed by atoms with Gasteiger partial charge in [-0.15, -0.1) is 0 Å². The molecule has 14 heteroatoms. The summed E-state index contributed by atoms with van der Waals surface area (Å²) >= 11 is 0. The zero-order chi connectivity index (χ0) is 49.6. The molecule has 0 aromatic carbocycles. The van der Waals surface area contributed by atoms with Crippen molar-refractivity contribution < 1.29 is 64.6 Å². The van der Waals surface area contributed by atoms with Crippen LogP contribution in [0.2, 0.25) is 0 Å². The molecule has 12 unspecified atom stereocenters. The Morgan fingerprint density at radius 3 is 1.62 bits per heavy atom. The van der Waals surface area contributed by atoms with E-state index in [1.165, 1.54) is 57.8 Å². The van der Waals surface area contributed by atoms with Crippen LogP contribution in [-0.2, 0) is 23.7 Å². The van der Waals surface area contributed by atoms with E-state index in [2.05, 4.69) is 79.9 Å². The lowest BCUT2D eigenvalue weighted by Crippen LogP contribution is -2.65. The van der Waals surface area contributed by atoms with Gasteiger partial charge in [0.15, 0.2) is 12.6 Å². The van der Waals surface area contributed by atoms with Crippen LogP contribution < -0.4 is 5.32 Å². The molecule has 0 saturated carbocycles. The molecule has 2 aliphatic rings. The standard InChI is InChI=1S/C54H93NO13/c1-3-5-7-9-11-13-15-17-19-20-21-22-24-25-27-29-31-33-35-37-43(58)42(55-46(59)38-36-34-32-30-28-26-23-18-16-14-12-10-8-6-4-2)41-65-53-51(64)49(62)52(45(40-57)67-53)68-54-50(63)48(61)47(60)44(39-56)66-54/h6,8,12,14,18,21-23,27,29,35,37,42-45,47-54,56-58,60-64H,3-5,7,9-11,13,15-17,19-20,24-26,28,30-34,36,38-41H2,1-2H3,(H,55,59)/b8-6-,14-12-,22-21+,23-18-,29-27+,37-35+. The van der Waals surface area contributed by atoms with Crippen molar-refractivity contribution in [1.82, 2.24) is 5.32 Å². The van der Waals surface area contributed by atoms with Crippen LogP contribution in [0, 0.1) is 0 Å². The van der Waals surface area contributed by atoms with Gasteiger partial charge in [0.25, 0.3) is 0 Å². The second-order valence-corrected chi connectivity index (χ2v) is 18.2. The highest BCUT2D eigenvalue weighted by atomic mass is 16.7. The molecule has 9 N–H and O–H groups in total. The Labute approximate surface area is 408 Å². The molecule has 12 atom stereocenters. The Hall–Kier alpha value is -2.57. The van der Waals surface area contributed by atoms with Gasteiger partial charge >= 0.3 is 0 Å². The van der Waals surface area contributed by atoms with Gasteiger partial charge in [0.2, 0.25) is 5.91 Å². The molecule has 0 aromatic heterocycles. The summed E-state index contributed by atoms with van der Waals surface area (Å²) in [6, 6.07) is -0.949. The summed E-state index contributed by atoms with van der Waals surface area (Å²) in [4.78, 5) is 13.2. The van der Waals surface area contributed by atoms with Gasteiger partial charge in [-0.1, -0.05) is 157 Å². The lowest BCUT2D eigenvalue weighted by molar-refractivity contribution is -0.359. The van der Waals surface area contributed by atoms with Gasteiger partial charge in [0.05, 0.1) is 32.0 Å². The van der Waals surface area contributed by atoms with Crippen molar-refractivity contribution in [3.05, 3.63) is 72.9 Å². The van der Waals surface area contributed by atoms with Crippen molar-refractivity contribution >= 4 is 5.91 Å². The van der Waals surface area contributed by atoms with E-state index >= 15 is 0 Å². The first-order chi connectivity index (χ1) is 33.1. The molecule has 2 heterocycles. The molecule has 2 aliphatic heterocycles. The second kappa shape index (κ2) is 40.1. The fourth-order valence-corrected chi connectivity index (χ4v) is 8.10. The van der Waals surface area contributed by atoms with E-state index in [1.54, 1.807) is 6.08 Å². The SMILES string of the molecule is CC/C=C\C/C=C\C/C=C\CCCCCCCC(=O)NC(COC1OC(CO)C(OC2OC(CO)C(O)C(O)C2O)C(O)C1O)C(O)/C=C/CC/C=C/CC/C=C/CCCCCCCCCCC. The zero-order valence-corrected chi connectivity index (χ0v) is 41.6. The Morgan fingerprint density at radius 1 is 0.544 bits per heavy atom. The topological polar surface area (TPSA) is 228 Å². The number of allylic oxidation sites excluding steroid dienone is 11. The summed E-state index contributed by atoms with van der Waals surface area (Å²) in [5.41, 5.74) is 0. The predicted octanol–water partition coefficient (Wildman–Crippen LogP) is 7.21. The number of nitrogens with one attached hydrogen (secondary N) is 1. The molecular weight excluding hydrogens is 871 g/mol. The number of hydrogen-bond donors (Lipinski definition) is 9. The molecule has 2 rings (SSSR count). The summed E-state index contributed by atoms with van der Waals surface area (Å²) in [5.74, 6) is -0.274. The Kier molecular flexibility index (Phi) is 36.3. The molecule has 14 nitrogen and oxygen atoms in total. The van der Waals surface area contributed by atoms with E-state index in [9.17, 15) is 45.6 Å². The molecule has 0 bridgehead atoms. The smallest absolute Gasteiger partial charge is 0.220 e. The van der Waals surface area contributed by atoms with Crippen LogP contribution in [0.5, 0.6) is 0 Å². The van der Waals surface area contributed by atoms with E-state index in [0.717, 1.165) is 77.0 Å². The first-order valence-corrected chi connectivity index (χ1v) is 26.2. The van der Waals surface area contributed by atoms with E-state index in [4.69, 9.17) is 18.9 Å². The van der Waals surface area contributed by atoms with Gasteiger partial charge in [-0.3, -0.25) is 4.79 Å². The number of amides is 1. The van der Waals surface area contributed by atoms with E-state index in [0.29, 0.717) is 12.8 Å². The van der Waals surface area contributed by atoms with Gasteiger partial charge in [0, 0.05) is 6.42 Å². The number of ether oxygens (including phenoxy) is 4. The monoisotopic (exact) mass is 964 g/mol. The number of hydrogen-bond acceptors (Lipinski definition) is 13. The molecule has 0 aliphatic carbocycles. The van der Waals surface area contributed by atoms with Gasteiger partial charge in [0.1, 0.15) is 48.8 Å². The third-order valence-electron chi connectivity index (χ3n) is 12.4. The number of carbonyl (C=O) groups excluding carboxylic acids is 1. The molecule has 392 valence electrons. The molecular formula is C54H93NO13. The summed E-state index contributed by atoms with van der Waals surface area (Å²) in [5, 5.41) is 86.8. The minimum absolute atomic E-state index is 0.247. The van der Waals surface area contributed by atoms with Crippen molar-refractivity contribution in [1.29, 1.82) is 0 Å². The maximum absolute atomic E-state index is 13.2. The summed E-state index contributed by atoms with van der Waals surface area (Å²) in [6.07, 6.45) is 33.7. The highest BCUT2D eigenvalue weighted by Crippen LogP contribution is 2.30. The van der Waals surface area contributed by atoms with E-state index < -0.39 is 86.8 Å². The number of unbranched alkanes of at least 4 members (excludes halogenated alkanes) is 16. The number of rotatable bonds is 39. The van der Waals surface area contributed by atoms with Crippen molar-refractivity contribution in [2.75, 3.05) is 19.8 Å². The quantitative estimate of drug-likeness (QED) is 0.0220. The van der Waals surface area contributed by atoms with E-state index in [1.807, 2.05) is 6.08 Å². The average Bonchev–Trinajstić information content (AvgIpc) is 3.34. The predicted molar refractivity (Wildman–Crippen MR) is 267 cm³/mol. The molecule has 0 radical (unpaired) electrons. The van der Waals surface area contributed by atoms with Crippen molar-refractivity contribution in [3.63, 3.8) is 0 Å². The van der Waals surface area contributed by atoms with Gasteiger partial charge < -0.3 is 65.1 Å². The van der Waals surface area contributed by atoms with Crippen molar-refractivity contribution in [2.45, 2.75) is 242 Å². The zero-order valence-electron chi connectivity index (χ0n) is 41.6. The van der Waals surface area contributed by atoms with Gasteiger partial charge in [-0.25, -0.2) is 0 Å². The normalized spacial score (nSPS) is 27.0. The first-order valence-electron chi connectivity index (χ1n) is 26.2. The van der Waals surface area contributed by atoms with Crippen molar-refractivity contribution in [2.24, 2.45) is 0 Å². The van der Waals surface area contributed by atoms with Crippen LogP contribution in [0.1, 0.15) is 168 Å². The molecule has 0 spiro atoms. The third-order valence-corrected chi connectivity index (χ3v) is 12.4. The highest BCUT2D eigenvalue weighted by Gasteiger charge is 2.51. The van der Waals surface area contributed by atoms with Crippen LogP contribution in [0.3, 0.4) is 0 Å². The summed E-state index contributed by atoms with van der Waals surface area (Å²) < 4.78 is 22.7. The number of aliphatic hydroxyl groups is 8. The first kappa shape index (κ1) is 61.5. The lowest BCUT2D eigenvalue weighted by atomic mass is 9.97. The Bertz CT molecular complexity index is 1420. The minimum Gasteiger partial charge on any atom is -0.394 e. The molecule has 1 amide bonds. The summed E-state index contributed by atoms with van der Waals surface area (Å²) in [7, 11) is 0. The second-order valence-electron chi connectivity index (χ2n) is 18.2. The maximum atomic E-state index is 13.2. The maximum Gasteiger partial charge on any atom is 0.220 e. The van der Waals surface area contributed by atoms with Crippen molar-refractivity contribution in [3.8, 4) is 0 Å². The van der Waals surface area contributed by atoms with Crippen LogP contribution in [0.25, 0.3) is 0 Å². The Morgan fingerprint density at radius 2 is 1.03 bits per heavy atom. The van der Waals surface area contributed by atoms with Gasteiger partial charge in [-0.05, 0) is 77.0 Å². The van der Waals surface area contributed by atoms with Crippen LogP contribution in [0.4, 0.5) is 0 Å². The van der Waals surface area contributed by atoms with Crippen LogP contribution in [0.15, 0.2) is 72.9 Å². The summed E-state index contributed by atoms with van der Waals surface area (Å²) in [6.45, 7) is 2.62. The Balaban J connectivity index is 1.87. The van der Waals surface area contributed by atoms with E-state index in [-0.39, 0.29) is 18.9 Å². The van der Waals surface area contributed by atoms with Crippen LogP contribution in [-0.4, -0.2) is 140 Å². The molecule has 2 saturated heterocycles. The lowest BCUT2D eigenvalue weighted by Gasteiger charge is -2.46. The average molecular weight is 964 g/mol.